The van der Waals surface area contributed by atoms with Crippen LogP contribution in [0, 0.1) is 0 Å². The summed E-state index contributed by atoms with van der Waals surface area (Å²) in [5.41, 5.74) is 0.995. The summed E-state index contributed by atoms with van der Waals surface area (Å²) in [5, 5.41) is 0. The summed E-state index contributed by atoms with van der Waals surface area (Å²) in [4.78, 5) is 17.2. The molecule has 0 aliphatic carbocycles. The third-order valence-corrected chi connectivity index (χ3v) is 5.41. The summed E-state index contributed by atoms with van der Waals surface area (Å²) in [6.45, 7) is 13.6. The Morgan fingerprint density at radius 3 is 2.40 bits per heavy atom. The van der Waals surface area contributed by atoms with E-state index in [0.717, 1.165) is 5.56 Å². The zero-order chi connectivity index (χ0) is 14.9. The maximum atomic E-state index is 12.7. The SMILES string of the molecule is CC(C)c1sc(C(C)(C)C)cc1C(=O)N1CCOCC1. The third-order valence-electron chi connectivity index (χ3n) is 3.55. The van der Waals surface area contributed by atoms with Crippen molar-refractivity contribution >= 4 is 17.2 Å². The molecule has 2 heterocycles. The number of hydrogen-bond donors (Lipinski definition) is 0. The molecule has 20 heavy (non-hydrogen) atoms. The smallest absolute Gasteiger partial charge is 0.255 e. The summed E-state index contributed by atoms with van der Waals surface area (Å²) in [5.74, 6) is 0.555. The third kappa shape index (κ3) is 3.23. The molecule has 112 valence electrons. The number of thiophene rings is 1. The Morgan fingerprint density at radius 2 is 1.90 bits per heavy atom. The monoisotopic (exact) mass is 295 g/mol. The summed E-state index contributed by atoms with van der Waals surface area (Å²) in [7, 11) is 0. The van der Waals surface area contributed by atoms with Crippen molar-refractivity contribution in [1.29, 1.82) is 0 Å². The second-order valence-electron chi connectivity index (χ2n) is 6.70. The van der Waals surface area contributed by atoms with Gasteiger partial charge in [-0.2, -0.15) is 0 Å². The van der Waals surface area contributed by atoms with Crippen LogP contribution in [0.2, 0.25) is 0 Å². The Balaban J connectivity index is 2.33. The Bertz CT molecular complexity index is 479. The number of nitrogens with zero attached hydrogens (tertiary/aromatic N) is 1. The van der Waals surface area contributed by atoms with Crippen LogP contribution in [0.3, 0.4) is 0 Å². The summed E-state index contributed by atoms with van der Waals surface area (Å²) < 4.78 is 5.33. The lowest BCUT2D eigenvalue weighted by molar-refractivity contribution is 0.0302. The summed E-state index contributed by atoms with van der Waals surface area (Å²) >= 11 is 1.79. The van der Waals surface area contributed by atoms with Crippen molar-refractivity contribution in [3.8, 4) is 0 Å². The van der Waals surface area contributed by atoms with E-state index in [4.69, 9.17) is 4.74 Å². The Kier molecular flexibility index (Phi) is 4.55. The van der Waals surface area contributed by atoms with Crippen LogP contribution in [0.15, 0.2) is 6.07 Å². The van der Waals surface area contributed by atoms with Crippen LogP contribution in [-0.4, -0.2) is 37.1 Å². The van der Waals surface area contributed by atoms with Gasteiger partial charge in [-0.1, -0.05) is 34.6 Å². The molecule has 4 heteroatoms. The molecular formula is C16H25NO2S. The average molecular weight is 295 g/mol. The second-order valence-corrected chi connectivity index (χ2v) is 7.78. The zero-order valence-electron chi connectivity index (χ0n) is 13.2. The van der Waals surface area contributed by atoms with Crippen LogP contribution in [0.25, 0.3) is 0 Å². The lowest BCUT2D eigenvalue weighted by atomic mass is 9.93. The molecule has 1 fully saturated rings. The van der Waals surface area contributed by atoms with E-state index < -0.39 is 0 Å². The molecule has 2 rings (SSSR count). The van der Waals surface area contributed by atoms with Crippen LogP contribution >= 0.6 is 11.3 Å². The van der Waals surface area contributed by atoms with Crippen molar-refractivity contribution < 1.29 is 9.53 Å². The first-order valence-electron chi connectivity index (χ1n) is 7.32. The number of ether oxygens (including phenoxy) is 1. The molecule has 3 nitrogen and oxygen atoms in total. The van der Waals surface area contributed by atoms with Gasteiger partial charge in [-0.15, -0.1) is 11.3 Å². The molecule has 1 aromatic rings. The van der Waals surface area contributed by atoms with E-state index in [1.807, 2.05) is 4.90 Å². The van der Waals surface area contributed by atoms with E-state index in [1.165, 1.54) is 9.75 Å². The van der Waals surface area contributed by atoms with Crippen LogP contribution in [0.4, 0.5) is 0 Å². The van der Waals surface area contributed by atoms with Gasteiger partial charge in [0.05, 0.1) is 18.8 Å². The molecule has 1 aliphatic rings. The van der Waals surface area contributed by atoms with Gasteiger partial charge in [0.15, 0.2) is 0 Å². The zero-order valence-corrected chi connectivity index (χ0v) is 14.0. The maximum absolute atomic E-state index is 12.7. The van der Waals surface area contributed by atoms with Crippen molar-refractivity contribution in [1.82, 2.24) is 4.90 Å². The average Bonchev–Trinajstić information content (AvgIpc) is 2.84. The summed E-state index contributed by atoms with van der Waals surface area (Å²) in [6, 6.07) is 2.11. The van der Waals surface area contributed by atoms with Gasteiger partial charge in [0.2, 0.25) is 0 Å². The molecule has 1 saturated heterocycles. The molecule has 1 aliphatic heterocycles. The van der Waals surface area contributed by atoms with Gasteiger partial charge in [-0.25, -0.2) is 0 Å². The van der Waals surface area contributed by atoms with Gasteiger partial charge >= 0.3 is 0 Å². The van der Waals surface area contributed by atoms with Crippen molar-refractivity contribution in [2.75, 3.05) is 26.3 Å². The molecule has 0 bridgehead atoms. The standard InChI is InChI=1S/C16H25NO2S/c1-11(2)14-12(10-13(20-14)16(3,4)5)15(18)17-6-8-19-9-7-17/h10-11H,6-9H2,1-5H3. The van der Waals surface area contributed by atoms with Crippen LogP contribution < -0.4 is 0 Å². The first-order valence-corrected chi connectivity index (χ1v) is 8.13. The summed E-state index contributed by atoms with van der Waals surface area (Å²) in [6.07, 6.45) is 0. The second kappa shape index (κ2) is 5.86. The van der Waals surface area contributed by atoms with E-state index >= 15 is 0 Å². The first kappa shape index (κ1) is 15.5. The topological polar surface area (TPSA) is 29.5 Å². The van der Waals surface area contributed by atoms with Gasteiger partial charge < -0.3 is 9.64 Å². The molecular weight excluding hydrogens is 270 g/mol. The van der Waals surface area contributed by atoms with E-state index in [0.29, 0.717) is 32.2 Å². The van der Waals surface area contributed by atoms with E-state index in [1.54, 1.807) is 11.3 Å². The minimum Gasteiger partial charge on any atom is -0.378 e. The van der Waals surface area contributed by atoms with Crippen LogP contribution in [0.1, 0.15) is 60.6 Å². The fraction of sp³-hybridized carbons (Fsp3) is 0.688. The lowest BCUT2D eigenvalue weighted by Gasteiger charge is -2.27. The molecule has 0 N–H and O–H groups in total. The fourth-order valence-electron chi connectivity index (χ4n) is 2.31. The lowest BCUT2D eigenvalue weighted by Crippen LogP contribution is -2.40. The van der Waals surface area contributed by atoms with Gasteiger partial charge in [0.25, 0.3) is 5.91 Å². The Hall–Kier alpha value is -0.870. The normalized spacial score (nSPS) is 16.8. The van der Waals surface area contributed by atoms with Crippen molar-refractivity contribution in [2.45, 2.75) is 46.0 Å². The van der Waals surface area contributed by atoms with Gasteiger partial charge in [0.1, 0.15) is 0 Å². The molecule has 0 aromatic carbocycles. The highest BCUT2D eigenvalue weighted by Gasteiger charge is 2.27. The first-order chi connectivity index (χ1) is 9.30. The largest absolute Gasteiger partial charge is 0.378 e. The van der Waals surface area contributed by atoms with Gasteiger partial charge in [-0.05, 0) is 17.4 Å². The number of rotatable bonds is 2. The van der Waals surface area contributed by atoms with Crippen molar-refractivity contribution in [3.63, 3.8) is 0 Å². The predicted octanol–water partition coefficient (Wildman–Crippen LogP) is 3.64. The van der Waals surface area contributed by atoms with E-state index in [2.05, 4.69) is 40.7 Å². The molecule has 0 spiro atoms. The Morgan fingerprint density at radius 1 is 1.30 bits per heavy atom. The molecule has 0 saturated carbocycles. The highest BCUT2D eigenvalue weighted by atomic mass is 32.1. The predicted molar refractivity (Wildman–Crippen MR) is 83.8 cm³/mol. The minimum atomic E-state index is 0.0951. The molecule has 1 aromatic heterocycles. The highest BCUT2D eigenvalue weighted by Crippen LogP contribution is 2.36. The number of carbonyl (C=O) groups excluding carboxylic acids is 1. The Labute approximate surface area is 125 Å². The number of amides is 1. The maximum Gasteiger partial charge on any atom is 0.255 e. The van der Waals surface area contributed by atoms with Crippen LogP contribution in [0.5, 0.6) is 0 Å². The van der Waals surface area contributed by atoms with Crippen LogP contribution in [-0.2, 0) is 10.2 Å². The molecule has 0 atom stereocenters. The fourth-order valence-corrected chi connectivity index (χ4v) is 3.52. The van der Waals surface area contributed by atoms with Gasteiger partial charge in [-0.3, -0.25) is 4.79 Å². The number of morpholine rings is 1. The van der Waals surface area contributed by atoms with Crippen molar-refractivity contribution in [2.24, 2.45) is 0 Å². The molecule has 0 unspecified atom stereocenters. The minimum absolute atomic E-state index is 0.0951. The van der Waals surface area contributed by atoms with Gasteiger partial charge in [0, 0.05) is 22.8 Å². The van der Waals surface area contributed by atoms with E-state index in [-0.39, 0.29) is 11.3 Å². The molecule has 1 amide bonds. The highest BCUT2D eigenvalue weighted by molar-refractivity contribution is 7.12. The van der Waals surface area contributed by atoms with E-state index in [9.17, 15) is 4.79 Å². The number of hydrogen-bond acceptors (Lipinski definition) is 3. The molecule has 0 radical (unpaired) electrons. The van der Waals surface area contributed by atoms with Crippen molar-refractivity contribution in [3.05, 3.63) is 21.4 Å². The number of carbonyl (C=O) groups is 1. The quantitative estimate of drug-likeness (QED) is 0.833.